The first-order valence-electron chi connectivity index (χ1n) is 4.77. The van der Waals surface area contributed by atoms with E-state index in [4.69, 9.17) is 0 Å². The number of imide groups is 1. The van der Waals surface area contributed by atoms with E-state index >= 15 is 0 Å². The van der Waals surface area contributed by atoms with Crippen LogP contribution >= 0.6 is 54.5 Å². The van der Waals surface area contributed by atoms with Crippen molar-refractivity contribution in [3.63, 3.8) is 0 Å². The molecule has 100 valence electrons. The Balaban J connectivity index is 2.46. The average Bonchev–Trinajstić information content (AvgIpc) is 2.82. The summed E-state index contributed by atoms with van der Waals surface area (Å²) >= 11 is 9.01. The van der Waals surface area contributed by atoms with Gasteiger partial charge in [-0.05, 0) is 31.9 Å². The number of carbonyl (C=O) groups is 2. The van der Waals surface area contributed by atoms with Gasteiger partial charge < -0.3 is 0 Å². The van der Waals surface area contributed by atoms with Gasteiger partial charge in [0.05, 0.1) is 17.8 Å². The minimum atomic E-state index is -4.04. The largest absolute Gasteiger partial charge is 0.283 e. The predicted molar refractivity (Wildman–Crippen MR) is 79.1 cm³/mol. The SMILES string of the molecule is CC(=O)N1C(=O)c2c(sc3c(Br)sc(Br)c23)S1(=O)=O. The van der Waals surface area contributed by atoms with Crippen molar-refractivity contribution in [3.05, 3.63) is 13.1 Å². The summed E-state index contributed by atoms with van der Waals surface area (Å²) in [6.45, 7) is 1.06. The highest BCUT2D eigenvalue weighted by Crippen LogP contribution is 2.50. The molecule has 19 heavy (non-hydrogen) atoms. The Morgan fingerprint density at radius 1 is 1.21 bits per heavy atom. The number of amides is 2. The van der Waals surface area contributed by atoms with Gasteiger partial charge in [0.25, 0.3) is 15.9 Å². The van der Waals surface area contributed by atoms with Crippen molar-refractivity contribution >= 4 is 86.5 Å². The quantitative estimate of drug-likeness (QED) is 0.625. The molecule has 0 N–H and O–H groups in total. The van der Waals surface area contributed by atoms with Gasteiger partial charge >= 0.3 is 0 Å². The molecule has 3 rings (SSSR count). The van der Waals surface area contributed by atoms with E-state index in [-0.39, 0.29) is 9.77 Å². The minimum absolute atomic E-state index is 0.0631. The van der Waals surface area contributed by atoms with Crippen LogP contribution < -0.4 is 0 Å². The predicted octanol–water partition coefficient (Wildman–Crippen LogP) is 3.18. The number of sulfonamides is 1. The number of rotatable bonds is 0. The van der Waals surface area contributed by atoms with E-state index in [0.717, 1.165) is 22.0 Å². The molecule has 0 bridgehead atoms. The summed E-state index contributed by atoms with van der Waals surface area (Å²) in [6.07, 6.45) is 0. The Hall–Kier alpha value is -0.290. The monoisotopic (exact) mass is 443 g/mol. The molecule has 2 aromatic heterocycles. The lowest BCUT2D eigenvalue weighted by molar-refractivity contribution is -0.122. The Labute approximate surface area is 132 Å². The molecule has 0 fully saturated rings. The van der Waals surface area contributed by atoms with Crippen molar-refractivity contribution in [1.29, 1.82) is 0 Å². The summed E-state index contributed by atoms with van der Waals surface area (Å²) in [5.74, 6) is -1.58. The van der Waals surface area contributed by atoms with Gasteiger partial charge in [-0.25, -0.2) is 0 Å². The summed E-state index contributed by atoms with van der Waals surface area (Å²) in [6, 6.07) is 0. The summed E-state index contributed by atoms with van der Waals surface area (Å²) in [5, 5.41) is 0.550. The highest BCUT2D eigenvalue weighted by molar-refractivity contribution is 9.12. The standard InChI is InChI=1S/C9H3Br2NO4S3/c1-2(13)12-8(14)4-3-5(7(11)18-6(3)10)17-9(4)19(12,15)16/h1H3. The van der Waals surface area contributed by atoms with E-state index in [1.165, 1.54) is 11.3 Å². The third kappa shape index (κ3) is 1.63. The van der Waals surface area contributed by atoms with Crippen LogP contribution in [0, 0.1) is 0 Å². The molecule has 0 spiro atoms. The average molecular weight is 445 g/mol. The first kappa shape index (κ1) is 13.7. The Bertz CT molecular complexity index is 864. The third-order valence-corrected chi connectivity index (χ3v) is 8.97. The van der Waals surface area contributed by atoms with E-state index in [1.54, 1.807) is 0 Å². The topological polar surface area (TPSA) is 71.5 Å². The number of halogens is 2. The van der Waals surface area contributed by atoms with E-state index in [9.17, 15) is 18.0 Å². The van der Waals surface area contributed by atoms with Crippen molar-refractivity contribution in [2.45, 2.75) is 11.1 Å². The number of fused-ring (bicyclic) bond motifs is 3. The van der Waals surface area contributed by atoms with Crippen molar-refractivity contribution in [3.8, 4) is 0 Å². The first-order valence-corrected chi connectivity index (χ1v) is 9.43. The fourth-order valence-corrected chi connectivity index (χ4v) is 8.48. The maximum absolute atomic E-state index is 12.2. The van der Waals surface area contributed by atoms with Gasteiger partial charge in [0, 0.05) is 12.3 Å². The van der Waals surface area contributed by atoms with Crippen molar-refractivity contribution in [2.75, 3.05) is 0 Å². The first-order chi connectivity index (χ1) is 8.76. The van der Waals surface area contributed by atoms with Gasteiger partial charge in [0.15, 0.2) is 4.21 Å². The van der Waals surface area contributed by atoms with Gasteiger partial charge in [0.1, 0.15) is 0 Å². The van der Waals surface area contributed by atoms with Crippen LogP contribution in [0.3, 0.4) is 0 Å². The van der Waals surface area contributed by atoms with Gasteiger partial charge in [-0.2, -0.15) is 12.7 Å². The molecule has 3 heterocycles. The van der Waals surface area contributed by atoms with Crippen LogP contribution in [0.15, 0.2) is 11.8 Å². The lowest BCUT2D eigenvalue weighted by atomic mass is 10.2. The van der Waals surface area contributed by atoms with Crippen molar-refractivity contribution in [1.82, 2.24) is 4.31 Å². The zero-order valence-corrected chi connectivity index (χ0v) is 14.7. The molecule has 1 aliphatic rings. The van der Waals surface area contributed by atoms with Crippen LogP contribution in [-0.2, 0) is 14.8 Å². The van der Waals surface area contributed by atoms with Crippen LogP contribution in [0.25, 0.3) is 10.1 Å². The van der Waals surface area contributed by atoms with Crippen LogP contribution in [0.4, 0.5) is 0 Å². The summed E-state index contributed by atoms with van der Waals surface area (Å²) in [5.41, 5.74) is 0.0871. The number of carbonyl (C=O) groups excluding carboxylic acids is 2. The molecule has 0 unspecified atom stereocenters. The van der Waals surface area contributed by atoms with Gasteiger partial charge in [-0.1, -0.05) is 0 Å². The van der Waals surface area contributed by atoms with E-state index in [0.29, 0.717) is 18.2 Å². The van der Waals surface area contributed by atoms with Crippen LogP contribution in [0.2, 0.25) is 0 Å². The molecule has 1 aliphatic heterocycles. The van der Waals surface area contributed by atoms with Crippen LogP contribution in [0.5, 0.6) is 0 Å². The molecule has 5 nitrogen and oxygen atoms in total. The fraction of sp³-hybridized carbons (Fsp3) is 0.111. The number of hydrogen-bond donors (Lipinski definition) is 0. The van der Waals surface area contributed by atoms with E-state index in [2.05, 4.69) is 31.9 Å². The maximum atomic E-state index is 12.2. The number of thiophene rings is 2. The molecule has 2 amide bonds. The van der Waals surface area contributed by atoms with Crippen LogP contribution in [-0.4, -0.2) is 24.5 Å². The molecule has 0 aliphatic carbocycles. The van der Waals surface area contributed by atoms with Crippen molar-refractivity contribution < 1.29 is 18.0 Å². The fourth-order valence-electron chi connectivity index (χ4n) is 1.89. The Morgan fingerprint density at radius 2 is 1.84 bits per heavy atom. The minimum Gasteiger partial charge on any atom is -0.274 e. The molecule has 0 saturated heterocycles. The number of hydrogen-bond acceptors (Lipinski definition) is 6. The zero-order chi connectivity index (χ0) is 14.1. The Morgan fingerprint density at radius 3 is 2.42 bits per heavy atom. The van der Waals surface area contributed by atoms with Crippen molar-refractivity contribution in [2.24, 2.45) is 0 Å². The molecule has 0 radical (unpaired) electrons. The molecule has 0 atom stereocenters. The van der Waals surface area contributed by atoms with E-state index < -0.39 is 21.8 Å². The zero-order valence-electron chi connectivity index (χ0n) is 9.06. The van der Waals surface area contributed by atoms with Crippen LogP contribution in [0.1, 0.15) is 17.3 Å². The third-order valence-electron chi connectivity index (χ3n) is 2.59. The normalized spacial score (nSPS) is 17.2. The summed E-state index contributed by atoms with van der Waals surface area (Å²) in [4.78, 5) is 23.6. The lowest BCUT2D eigenvalue weighted by Crippen LogP contribution is -2.34. The Kier molecular flexibility index (Phi) is 2.96. The number of nitrogens with zero attached hydrogens (tertiary/aromatic N) is 1. The lowest BCUT2D eigenvalue weighted by Gasteiger charge is -2.09. The maximum Gasteiger partial charge on any atom is 0.283 e. The molecular weight excluding hydrogens is 442 g/mol. The molecule has 0 saturated carbocycles. The summed E-state index contributed by atoms with van der Waals surface area (Å²) in [7, 11) is -4.04. The smallest absolute Gasteiger partial charge is 0.274 e. The molecule has 2 aromatic rings. The highest BCUT2D eigenvalue weighted by atomic mass is 79.9. The molecule has 0 aromatic carbocycles. The highest BCUT2D eigenvalue weighted by Gasteiger charge is 2.47. The van der Waals surface area contributed by atoms with Gasteiger partial charge in [0.2, 0.25) is 5.91 Å². The molecular formula is C9H3Br2NO4S3. The second-order valence-electron chi connectivity index (χ2n) is 3.71. The molecule has 10 heteroatoms. The second-order valence-corrected chi connectivity index (χ2v) is 10.4. The second kappa shape index (κ2) is 4.10. The summed E-state index contributed by atoms with van der Waals surface area (Å²) < 4.78 is 26.8. The van der Waals surface area contributed by atoms with E-state index in [1.807, 2.05) is 0 Å². The van der Waals surface area contributed by atoms with Gasteiger partial charge in [-0.15, -0.1) is 22.7 Å². The van der Waals surface area contributed by atoms with Gasteiger partial charge in [-0.3, -0.25) is 9.59 Å².